The molecule has 0 aliphatic rings. The maximum absolute atomic E-state index is 3.50. The summed E-state index contributed by atoms with van der Waals surface area (Å²) in [4.78, 5) is 2.28. The van der Waals surface area contributed by atoms with Crippen LogP contribution in [0.3, 0.4) is 0 Å². The second-order valence-electron chi connectivity index (χ2n) is 6.07. The highest BCUT2D eigenvalue weighted by molar-refractivity contribution is 5.66. The van der Waals surface area contributed by atoms with E-state index in [0.717, 1.165) is 6.54 Å². The Bertz CT molecular complexity index is 582. The third kappa shape index (κ3) is 4.08. The fourth-order valence-electron chi connectivity index (χ4n) is 2.58. The Morgan fingerprint density at radius 2 is 1.62 bits per heavy atom. The van der Waals surface area contributed by atoms with Crippen molar-refractivity contribution < 1.29 is 0 Å². The molecule has 0 atom stereocenters. The number of nitrogens with one attached hydrogen (secondary N) is 1. The van der Waals surface area contributed by atoms with Crippen LogP contribution < -0.4 is 10.2 Å². The summed E-state index contributed by atoms with van der Waals surface area (Å²) in [6, 6.07) is 15.8. The minimum Gasteiger partial charge on any atom is -0.344 e. The maximum atomic E-state index is 3.50. The lowest BCUT2D eigenvalue weighted by Gasteiger charge is -2.24. The quantitative estimate of drug-likeness (QED) is 0.864. The average Bonchev–Trinajstić information content (AvgIpc) is 2.43. The number of para-hydroxylation sites is 1. The molecule has 0 amide bonds. The Kier molecular flexibility index (Phi) is 5.03. The SMILES string of the molecule is Cc1cc(C)cc(N(C)c2ccccc2CNC(C)C)c1. The zero-order valence-electron chi connectivity index (χ0n) is 13.8. The smallest absolute Gasteiger partial charge is 0.0453 e. The average molecular weight is 282 g/mol. The highest BCUT2D eigenvalue weighted by Crippen LogP contribution is 2.28. The van der Waals surface area contributed by atoms with Gasteiger partial charge in [0.15, 0.2) is 0 Å². The van der Waals surface area contributed by atoms with Crippen molar-refractivity contribution in [2.75, 3.05) is 11.9 Å². The van der Waals surface area contributed by atoms with Gasteiger partial charge in [0.05, 0.1) is 0 Å². The third-order valence-corrected chi connectivity index (χ3v) is 3.65. The van der Waals surface area contributed by atoms with Gasteiger partial charge in [-0.05, 0) is 48.7 Å². The van der Waals surface area contributed by atoms with Crippen LogP contribution in [0.1, 0.15) is 30.5 Å². The molecule has 0 radical (unpaired) electrons. The molecule has 0 heterocycles. The first-order chi connectivity index (χ1) is 9.97. The number of benzene rings is 2. The zero-order chi connectivity index (χ0) is 15.4. The van der Waals surface area contributed by atoms with Gasteiger partial charge in [0.1, 0.15) is 0 Å². The molecule has 0 aliphatic carbocycles. The molecule has 0 saturated heterocycles. The number of anilines is 2. The summed E-state index contributed by atoms with van der Waals surface area (Å²) in [5, 5.41) is 3.50. The molecule has 2 nitrogen and oxygen atoms in total. The van der Waals surface area contributed by atoms with Crippen LogP contribution >= 0.6 is 0 Å². The second-order valence-corrected chi connectivity index (χ2v) is 6.07. The van der Waals surface area contributed by atoms with Crippen LogP contribution in [-0.2, 0) is 6.54 Å². The monoisotopic (exact) mass is 282 g/mol. The number of hydrogen-bond donors (Lipinski definition) is 1. The van der Waals surface area contributed by atoms with Crippen LogP contribution in [0.15, 0.2) is 42.5 Å². The fraction of sp³-hybridized carbons (Fsp3) is 0.368. The Hall–Kier alpha value is -1.80. The summed E-state index contributed by atoms with van der Waals surface area (Å²) in [6.07, 6.45) is 0. The van der Waals surface area contributed by atoms with Crippen molar-refractivity contribution in [1.82, 2.24) is 5.32 Å². The molecule has 0 saturated carbocycles. The van der Waals surface area contributed by atoms with Crippen molar-refractivity contribution in [3.05, 3.63) is 59.2 Å². The van der Waals surface area contributed by atoms with Gasteiger partial charge in [-0.25, -0.2) is 0 Å². The third-order valence-electron chi connectivity index (χ3n) is 3.65. The first-order valence-corrected chi connectivity index (χ1v) is 7.60. The topological polar surface area (TPSA) is 15.3 Å². The van der Waals surface area contributed by atoms with E-state index < -0.39 is 0 Å². The molecule has 112 valence electrons. The van der Waals surface area contributed by atoms with Crippen LogP contribution in [0.25, 0.3) is 0 Å². The Morgan fingerprint density at radius 1 is 1.00 bits per heavy atom. The predicted octanol–water partition coefficient (Wildman–Crippen LogP) is 4.57. The summed E-state index contributed by atoms with van der Waals surface area (Å²) in [6.45, 7) is 9.54. The summed E-state index contributed by atoms with van der Waals surface area (Å²) in [5.74, 6) is 0. The lowest BCUT2D eigenvalue weighted by Crippen LogP contribution is -2.23. The van der Waals surface area contributed by atoms with Crippen molar-refractivity contribution in [3.63, 3.8) is 0 Å². The normalized spacial score (nSPS) is 11.0. The predicted molar refractivity (Wildman–Crippen MR) is 92.4 cm³/mol. The maximum Gasteiger partial charge on any atom is 0.0453 e. The van der Waals surface area contributed by atoms with Crippen LogP contribution in [-0.4, -0.2) is 13.1 Å². The van der Waals surface area contributed by atoms with Crippen LogP contribution in [0, 0.1) is 13.8 Å². The van der Waals surface area contributed by atoms with Gasteiger partial charge >= 0.3 is 0 Å². The van der Waals surface area contributed by atoms with Crippen molar-refractivity contribution in [3.8, 4) is 0 Å². The van der Waals surface area contributed by atoms with Crippen molar-refractivity contribution in [2.24, 2.45) is 0 Å². The molecule has 1 N–H and O–H groups in total. The molecule has 0 unspecified atom stereocenters. The highest BCUT2D eigenvalue weighted by atomic mass is 15.1. The van der Waals surface area contributed by atoms with Gasteiger partial charge in [-0.15, -0.1) is 0 Å². The molecular weight excluding hydrogens is 256 g/mol. The summed E-state index contributed by atoms with van der Waals surface area (Å²) in [7, 11) is 2.14. The van der Waals surface area contributed by atoms with Crippen LogP contribution in [0.5, 0.6) is 0 Å². The number of rotatable bonds is 5. The van der Waals surface area contributed by atoms with Crippen molar-refractivity contribution in [1.29, 1.82) is 0 Å². The number of nitrogens with zero attached hydrogens (tertiary/aromatic N) is 1. The Morgan fingerprint density at radius 3 is 2.24 bits per heavy atom. The Balaban J connectivity index is 2.32. The number of aryl methyl sites for hydroxylation is 2. The van der Waals surface area contributed by atoms with E-state index >= 15 is 0 Å². The first kappa shape index (κ1) is 15.6. The van der Waals surface area contributed by atoms with Gasteiger partial charge in [-0.1, -0.05) is 38.1 Å². The molecule has 0 aromatic heterocycles. The van der Waals surface area contributed by atoms with Gasteiger partial charge in [-0.3, -0.25) is 0 Å². The standard InChI is InChI=1S/C19H26N2/c1-14(2)20-13-17-8-6-7-9-19(17)21(5)18-11-15(3)10-16(4)12-18/h6-12,14,20H,13H2,1-5H3. The van der Waals surface area contributed by atoms with E-state index in [2.05, 4.69) is 87.4 Å². The van der Waals surface area contributed by atoms with Gasteiger partial charge < -0.3 is 10.2 Å². The van der Waals surface area contributed by atoms with Gasteiger partial charge in [-0.2, -0.15) is 0 Å². The van der Waals surface area contributed by atoms with Gasteiger partial charge in [0, 0.05) is 31.0 Å². The number of hydrogen-bond acceptors (Lipinski definition) is 2. The van der Waals surface area contributed by atoms with E-state index in [0.29, 0.717) is 6.04 Å². The second kappa shape index (κ2) is 6.77. The molecule has 0 bridgehead atoms. The summed E-state index contributed by atoms with van der Waals surface area (Å²) in [5.41, 5.74) is 6.43. The molecule has 2 rings (SSSR count). The summed E-state index contributed by atoms with van der Waals surface area (Å²) >= 11 is 0. The lowest BCUT2D eigenvalue weighted by molar-refractivity contribution is 0.589. The minimum absolute atomic E-state index is 0.490. The molecule has 2 aromatic rings. The fourth-order valence-corrected chi connectivity index (χ4v) is 2.58. The highest BCUT2D eigenvalue weighted by Gasteiger charge is 2.10. The first-order valence-electron chi connectivity index (χ1n) is 7.60. The van der Waals surface area contributed by atoms with Gasteiger partial charge in [0.2, 0.25) is 0 Å². The van der Waals surface area contributed by atoms with E-state index in [1.165, 1.54) is 28.1 Å². The van der Waals surface area contributed by atoms with E-state index in [9.17, 15) is 0 Å². The zero-order valence-corrected chi connectivity index (χ0v) is 13.8. The van der Waals surface area contributed by atoms with Crippen LogP contribution in [0.4, 0.5) is 11.4 Å². The molecule has 2 heteroatoms. The Labute approximate surface area is 128 Å². The van der Waals surface area contributed by atoms with E-state index in [1.54, 1.807) is 0 Å². The lowest BCUT2D eigenvalue weighted by atomic mass is 10.1. The molecule has 0 spiro atoms. The minimum atomic E-state index is 0.490. The molecule has 21 heavy (non-hydrogen) atoms. The molecular formula is C19H26N2. The molecule has 0 fully saturated rings. The van der Waals surface area contributed by atoms with E-state index in [-0.39, 0.29) is 0 Å². The summed E-state index contributed by atoms with van der Waals surface area (Å²) < 4.78 is 0. The van der Waals surface area contributed by atoms with Gasteiger partial charge in [0.25, 0.3) is 0 Å². The van der Waals surface area contributed by atoms with Crippen molar-refractivity contribution >= 4 is 11.4 Å². The van der Waals surface area contributed by atoms with Crippen molar-refractivity contribution in [2.45, 2.75) is 40.3 Å². The molecule has 2 aromatic carbocycles. The van der Waals surface area contributed by atoms with E-state index in [4.69, 9.17) is 0 Å². The molecule has 0 aliphatic heterocycles. The largest absolute Gasteiger partial charge is 0.344 e. The van der Waals surface area contributed by atoms with E-state index in [1.807, 2.05) is 0 Å². The van der Waals surface area contributed by atoms with Crippen LogP contribution in [0.2, 0.25) is 0 Å².